The van der Waals surface area contributed by atoms with Crippen molar-refractivity contribution in [3.8, 4) is 17.1 Å². The lowest BCUT2D eigenvalue weighted by Gasteiger charge is -2.11. The number of alkyl halides is 5. The number of halogens is 6. The van der Waals surface area contributed by atoms with Crippen LogP contribution in [0.5, 0.6) is 5.88 Å². The van der Waals surface area contributed by atoms with Gasteiger partial charge in [0.15, 0.2) is 18.1 Å². The summed E-state index contributed by atoms with van der Waals surface area (Å²) in [6, 6.07) is 3.42. The van der Waals surface area contributed by atoms with Crippen molar-refractivity contribution in [3.05, 3.63) is 36.0 Å². The molecule has 3 aromatic heterocycles. The third-order valence-electron chi connectivity index (χ3n) is 3.26. The van der Waals surface area contributed by atoms with Gasteiger partial charge in [-0.25, -0.2) is 9.37 Å². The van der Waals surface area contributed by atoms with Gasteiger partial charge in [-0.05, 0) is 18.2 Å². The highest BCUT2D eigenvalue weighted by molar-refractivity contribution is 5.59. The summed E-state index contributed by atoms with van der Waals surface area (Å²) in [7, 11) is 0.768. The van der Waals surface area contributed by atoms with Crippen molar-refractivity contribution in [1.82, 2.24) is 24.8 Å². The van der Waals surface area contributed by atoms with Gasteiger partial charge < -0.3 is 9.47 Å². The molecule has 0 amide bonds. The van der Waals surface area contributed by atoms with E-state index in [0.717, 1.165) is 19.4 Å². The van der Waals surface area contributed by atoms with Crippen molar-refractivity contribution in [2.45, 2.75) is 12.3 Å². The molecular weight excluding hydrogens is 384 g/mol. The number of hydrogen-bond acceptors (Lipinski definition) is 6. The number of nitrogens with zero attached hydrogens (tertiary/aromatic N) is 5. The fourth-order valence-corrected chi connectivity index (χ4v) is 2.04. The molecule has 0 bridgehead atoms. The lowest BCUT2D eigenvalue weighted by atomic mass is 10.2. The molecule has 0 aromatic carbocycles. The molecule has 0 saturated carbocycles. The van der Waals surface area contributed by atoms with Crippen LogP contribution in [0, 0.1) is 5.82 Å². The predicted molar refractivity (Wildman–Crippen MR) is 76.4 cm³/mol. The van der Waals surface area contributed by atoms with E-state index in [1.807, 2.05) is 0 Å². The van der Waals surface area contributed by atoms with Gasteiger partial charge in [0.05, 0.1) is 5.69 Å². The van der Waals surface area contributed by atoms with E-state index in [-0.39, 0.29) is 16.9 Å². The first-order chi connectivity index (χ1) is 12.6. The van der Waals surface area contributed by atoms with Crippen LogP contribution in [0.4, 0.5) is 26.3 Å². The highest BCUT2D eigenvalue weighted by Crippen LogP contribution is 2.28. The number of hydrogen-bond donors (Lipinski definition) is 0. The first-order valence-corrected chi connectivity index (χ1v) is 7.12. The Morgan fingerprint density at radius 2 is 1.85 bits per heavy atom. The van der Waals surface area contributed by atoms with Gasteiger partial charge >= 0.3 is 12.3 Å². The van der Waals surface area contributed by atoms with Crippen LogP contribution in [0.15, 0.2) is 24.4 Å². The van der Waals surface area contributed by atoms with Crippen molar-refractivity contribution in [2.24, 2.45) is 0 Å². The smallest absolute Gasteiger partial charge is 0.422 e. The van der Waals surface area contributed by atoms with Crippen LogP contribution in [0.2, 0.25) is 0 Å². The molecule has 0 aliphatic carbocycles. The van der Waals surface area contributed by atoms with Crippen LogP contribution >= 0.6 is 0 Å². The van der Waals surface area contributed by atoms with E-state index >= 15 is 0 Å². The predicted octanol–water partition coefficient (Wildman–Crippen LogP) is 2.96. The third kappa shape index (κ3) is 3.92. The highest BCUT2D eigenvalue weighted by Gasteiger charge is 2.38. The minimum absolute atomic E-state index is 0.00846. The maximum Gasteiger partial charge on any atom is 0.422 e. The molecule has 144 valence electrons. The number of aromatic nitrogens is 5. The standard InChI is InChI=1S/C14H9F6N5O2/c1-26-14(19,20)12-23-22-10-3-2-9(24-25(10)12)7-4-8(15)11(21-5-7)27-6-13(16,17)18/h2-5H,6H2,1H3. The maximum atomic E-state index is 13.9. The van der Waals surface area contributed by atoms with Gasteiger partial charge in [0.25, 0.3) is 11.7 Å². The summed E-state index contributed by atoms with van der Waals surface area (Å²) >= 11 is 0. The topological polar surface area (TPSA) is 74.4 Å². The molecule has 3 aromatic rings. The fraction of sp³-hybridized carbons (Fsp3) is 0.286. The molecule has 0 radical (unpaired) electrons. The zero-order valence-corrected chi connectivity index (χ0v) is 13.3. The SMILES string of the molecule is COC(F)(F)c1nnc2ccc(-c3cnc(OCC(F)(F)F)c(F)c3)nn12. The second kappa shape index (κ2) is 6.64. The van der Waals surface area contributed by atoms with Crippen LogP contribution in [-0.2, 0) is 10.8 Å². The van der Waals surface area contributed by atoms with E-state index in [4.69, 9.17) is 0 Å². The fourth-order valence-electron chi connectivity index (χ4n) is 2.04. The Balaban J connectivity index is 1.95. The van der Waals surface area contributed by atoms with Crippen molar-refractivity contribution in [1.29, 1.82) is 0 Å². The lowest BCUT2D eigenvalue weighted by molar-refractivity contribution is -0.238. The van der Waals surface area contributed by atoms with Crippen LogP contribution in [-0.4, -0.2) is 44.7 Å². The molecule has 0 fully saturated rings. The average molecular weight is 393 g/mol. The Morgan fingerprint density at radius 3 is 2.48 bits per heavy atom. The number of methoxy groups -OCH3 is 1. The van der Waals surface area contributed by atoms with E-state index in [0.29, 0.717) is 4.52 Å². The second-order valence-electron chi connectivity index (χ2n) is 5.15. The van der Waals surface area contributed by atoms with E-state index < -0.39 is 36.4 Å². The van der Waals surface area contributed by atoms with Crippen LogP contribution in [0.25, 0.3) is 16.9 Å². The van der Waals surface area contributed by atoms with Crippen molar-refractivity contribution < 1.29 is 35.8 Å². The van der Waals surface area contributed by atoms with Gasteiger partial charge in [0.1, 0.15) is 0 Å². The summed E-state index contributed by atoms with van der Waals surface area (Å²) in [6.07, 6.45) is -7.44. The highest BCUT2D eigenvalue weighted by atomic mass is 19.4. The molecule has 0 N–H and O–H groups in total. The Kier molecular flexibility index (Phi) is 4.63. The number of ether oxygens (including phenoxy) is 2. The average Bonchev–Trinajstić information content (AvgIpc) is 3.03. The Labute approximate surface area is 146 Å². The van der Waals surface area contributed by atoms with Gasteiger partial charge in [-0.3, -0.25) is 0 Å². The van der Waals surface area contributed by atoms with E-state index in [2.05, 4.69) is 29.8 Å². The molecule has 0 saturated heterocycles. The summed E-state index contributed by atoms with van der Waals surface area (Å²) in [5.74, 6) is -2.93. The Hall–Kier alpha value is -2.96. The molecule has 0 unspecified atom stereocenters. The van der Waals surface area contributed by atoms with Crippen molar-refractivity contribution in [3.63, 3.8) is 0 Å². The number of fused-ring (bicyclic) bond motifs is 1. The third-order valence-corrected chi connectivity index (χ3v) is 3.26. The molecule has 13 heteroatoms. The van der Waals surface area contributed by atoms with Gasteiger partial charge in [-0.1, -0.05) is 0 Å². The lowest BCUT2D eigenvalue weighted by Crippen LogP contribution is -2.20. The minimum Gasteiger partial charge on any atom is -0.466 e. The zero-order valence-electron chi connectivity index (χ0n) is 13.3. The van der Waals surface area contributed by atoms with Crippen LogP contribution in [0.1, 0.15) is 5.82 Å². The monoisotopic (exact) mass is 393 g/mol. The molecule has 3 heterocycles. The van der Waals surface area contributed by atoms with Crippen LogP contribution in [0.3, 0.4) is 0 Å². The minimum atomic E-state index is -4.66. The molecule has 0 atom stereocenters. The molecule has 0 aliphatic heterocycles. The summed E-state index contributed by atoms with van der Waals surface area (Å²) in [5.41, 5.74) is -0.0256. The summed E-state index contributed by atoms with van der Waals surface area (Å²) in [6.45, 7) is -1.71. The van der Waals surface area contributed by atoms with Gasteiger partial charge in [-0.15, -0.1) is 10.2 Å². The van der Waals surface area contributed by atoms with Gasteiger partial charge in [0.2, 0.25) is 0 Å². The van der Waals surface area contributed by atoms with Gasteiger partial charge in [0, 0.05) is 18.9 Å². The van der Waals surface area contributed by atoms with Crippen LogP contribution < -0.4 is 4.74 Å². The molecule has 7 nitrogen and oxygen atoms in total. The number of pyridine rings is 1. The second-order valence-corrected chi connectivity index (χ2v) is 5.15. The number of rotatable bonds is 5. The molecule has 3 rings (SSSR count). The Morgan fingerprint density at radius 1 is 1.11 bits per heavy atom. The molecule has 0 aliphatic rings. The maximum absolute atomic E-state index is 13.9. The van der Waals surface area contributed by atoms with E-state index in [1.54, 1.807) is 0 Å². The van der Waals surface area contributed by atoms with E-state index in [1.165, 1.54) is 12.1 Å². The first-order valence-electron chi connectivity index (χ1n) is 7.12. The van der Waals surface area contributed by atoms with Crippen molar-refractivity contribution >= 4 is 5.65 Å². The van der Waals surface area contributed by atoms with E-state index in [9.17, 15) is 26.3 Å². The molecule has 27 heavy (non-hydrogen) atoms. The quantitative estimate of drug-likeness (QED) is 0.621. The molecular formula is C14H9F6N5O2. The zero-order chi connectivity index (χ0) is 19.8. The van der Waals surface area contributed by atoms with Gasteiger partial charge in [-0.2, -0.15) is 31.6 Å². The summed E-state index contributed by atoms with van der Waals surface area (Å²) in [4.78, 5) is 3.46. The Bertz CT molecular complexity index is 974. The normalized spacial score (nSPS) is 12.6. The first kappa shape index (κ1) is 18.8. The summed E-state index contributed by atoms with van der Waals surface area (Å²) in [5, 5.41) is 10.7. The largest absolute Gasteiger partial charge is 0.466 e. The molecule has 0 spiro atoms. The summed E-state index contributed by atoms with van der Waals surface area (Å²) < 4.78 is 86.7. The van der Waals surface area contributed by atoms with Crippen molar-refractivity contribution in [2.75, 3.05) is 13.7 Å².